The highest BCUT2D eigenvalue weighted by Gasteiger charge is 2.09. The zero-order chi connectivity index (χ0) is 17.5. The molecule has 0 saturated carbocycles. The van der Waals surface area contributed by atoms with Crippen LogP contribution in [0.4, 0.5) is 9.18 Å². The van der Waals surface area contributed by atoms with Crippen molar-refractivity contribution >= 4 is 6.03 Å². The number of urea groups is 1. The number of pyridine rings is 1. The molecule has 2 amide bonds. The molecule has 0 radical (unpaired) electrons. The Morgan fingerprint density at radius 3 is 2.80 bits per heavy atom. The first-order valence-corrected chi connectivity index (χ1v) is 7.62. The number of nitrogens with zero attached hydrogens (tertiary/aromatic N) is 1. The molecule has 0 spiro atoms. The highest BCUT2D eigenvalue weighted by molar-refractivity contribution is 5.73. The third-order valence-electron chi connectivity index (χ3n) is 3.30. The molecule has 3 rings (SSSR count). The molecule has 0 aliphatic carbocycles. The Kier molecular flexibility index (Phi) is 5.26. The summed E-state index contributed by atoms with van der Waals surface area (Å²) in [7, 11) is 0. The Hall–Kier alpha value is -3.35. The maximum Gasteiger partial charge on any atom is 0.315 e. The number of nitrogens with one attached hydrogen (secondary N) is 2. The van der Waals surface area contributed by atoms with Crippen LogP contribution >= 0.6 is 0 Å². The SMILES string of the molecule is O=C(NCc1ccco1)NCc1cccnc1Oc1cccc(F)c1. The van der Waals surface area contributed by atoms with Crippen LogP contribution in [0.2, 0.25) is 0 Å². The summed E-state index contributed by atoms with van der Waals surface area (Å²) in [6.07, 6.45) is 3.11. The minimum absolute atomic E-state index is 0.211. The van der Waals surface area contributed by atoms with Crippen molar-refractivity contribution < 1.29 is 18.3 Å². The number of carbonyl (C=O) groups excluding carboxylic acids is 1. The smallest absolute Gasteiger partial charge is 0.315 e. The average molecular weight is 341 g/mol. The fourth-order valence-electron chi connectivity index (χ4n) is 2.11. The number of amides is 2. The molecule has 7 heteroatoms. The summed E-state index contributed by atoms with van der Waals surface area (Å²) < 4.78 is 24.0. The largest absolute Gasteiger partial charge is 0.467 e. The number of aromatic nitrogens is 1. The van der Waals surface area contributed by atoms with Crippen molar-refractivity contribution in [1.29, 1.82) is 0 Å². The Bertz CT molecular complexity index is 837. The second-order valence-corrected chi connectivity index (χ2v) is 5.14. The van der Waals surface area contributed by atoms with E-state index in [0.29, 0.717) is 29.5 Å². The zero-order valence-electron chi connectivity index (χ0n) is 13.2. The first kappa shape index (κ1) is 16.5. The number of hydrogen-bond donors (Lipinski definition) is 2. The number of rotatable bonds is 6. The van der Waals surface area contributed by atoms with Gasteiger partial charge in [0, 0.05) is 24.4 Å². The molecular weight excluding hydrogens is 325 g/mol. The van der Waals surface area contributed by atoms with Crippen LogP contribution in [0.15, 0.2) is 65.4 Å². The summed E-state index contributed by atoms with van der Waals surface area (Å²) in [6, 6.07) is 12.5. The standard InChI is InChI=1S/C18H16FN3O3/c19-14-5-1-6-15(10-14)25-17-13(4-2-8-20-17)11-21-18(23)22-12-16-7-3-9-24-16/h1-10H,11-12H2,(H2,21,22,23). The fourth-order valence-corrected chi connectivity index (χ4v) is 2.11. The monoisotopic (exact) mass is 341 g/mol. The highest BCUT2D eigenvalue weighted by Crippen LogP contribution is 2.23. The van der Waals surface area contributed by atoms with E-state index in [0.717, 1.165) is 0 Å². The molecule has 2 N–H and O–H groups in total. The van der Waals surface area contributed by atoms with Crippen LogP contribution < -0.4 is 15.4 Å². The normalized spacial score (nSPS) is 10.3. The van der Waals surface area contributed by atoms with Crippen LogP contribution in [0.3, 0.4) is 0 Å². The molecule has 0 atom stereocenters. The molecule has 2 heterocycles. The predicted molar refractivity (Wildman–Crippen MR) is 88.5 cm³/mol. The van der Waals surface area contributed by atoms with E-state index in [2.05, 4.69) is 15.6 Å². The number of halogens is 1. The lowest BCUT2D eigenvalue weighted by Crippen LogP contribution is -2.34. The fraction of sp³-hybridized carbons (Fsp3) is 0.111. The number of furan rings is 1. The van der Waals surface area contributed by atoms with Gasteiger partial charge in [-0.15, -0.1) is 0 Å². The van der Waals surface area contributed by atoms with E-state index < -0.39 is 5.82 Å². The summed E-state index contributed by atoms with van der Waals surface area (Å²) in [5, 5.41) is 5.39. The molecule has 0 unspecified atom stereocenters. The molecule has 0 aliphatic heterocycles. The summed E-state index contributed by atoms with van der Waals surface area (Å²) in [5.41, 5.74) is 0.667. The van der Waals surface area contributed by atoms with Gasteiger partial charge in [0.25, 0.3) is 0 Å². The van der Waals surface area contributed by atoms with Gasteiger partial charge < -0.3 is 19.8 Å². The molecule has 2 aromatic heterocycles. The number of carbonyl (C=O) groups is 1. The maximum atomic E-state index is 13.3. The average Bonchev–Trinajstić information content (AvgIpc) is 3.13. The molecule has 0 saturated heterocycles. The molecule has 0 aliphatic rings. The lowest BCUT2D eigenvalue weighted by molar-refractivity contribution is 0.239. The van der Waals surface area contributed by atoms with Gasteiger partial charge in [0.2, 0.25) is 5.88 Å². The Morgan fingerprint density at radius 2 is 2.00 bits per heavy atom. The minimum atomic E-state index is -0.398. The van der Waals surface area contributed by atoms with Gasteiger partial charge in [-0.25, -0.2) is 14.2 Å². The molecule has 6 nitrogen and oxygen atoms in total. The second-order valence-electron chi connectivity index (χ2n) is 5.14. The van der Waals surface area contributed by atoms with Crippen molar-refractivity contribution in [3.63, 3.8) is 0 Å². The van der Waals surface area contributed by atoms with Crippen molar-refractivity contribution in [1.82, 2.24) is 15.6 Å². The van der Waals surface area contributed by atoms with Crippen molar-refractivity contribution in [3.05, 3.63) is 78.1 Å². The van der Waals surface area contributed by atoms with E-state index in [9.17, 15) is 9.18 Å². The molecule has 128 valence electrons. The van der Waals surface area contributed by atoms with Crippen LogP contribution in [0.1, 0.15) is 11.3 Å². The Labute approximate surface area is 143 Å². The zero-order valence-corrected chi connectivity index (χ0v) is 13.2. The maximum absolute atomic E-state index is 13.3. The number of hydrogen-bond acceptors (Lipinski definition) is 4. The van der Waals surface area contributed by atoms with E-state index in [1.165, 1.54) is 12.1 Å². The highest BCUT2D eigenvalue weighted by atomic mass is 19.1. The predicted octanol–water partition coefficient (Wildman–Crippen LogP) is 3.61. The van der Waals surface area contributed by atoms with Gasteiger partial charge in [-0.05, 0) is 30.3 Å². The molecule has 0 bridgehead atoms. The Balaban J connectivity index is 1.58. The first-order valence-electron chi connectivity index (χ1n) is 7.62. The molecule has 1 aromatic carbocycles. The van der Waals surface area contributed by atoms with E-state index in [-0.39, 0.29) is 12.6 Å². The van der Waals surface area contributed by atoms with E-state index >= 15 is 0 Å². The Morgan fingerprint density at radius 1 is 1.12 bits per heavy atom. The first-order chi connectivity index (χ1) is 12.2. The summed E-state index contributed by atoms with van der Waals surface area (Å²) in [6.45, 7) is 0.501. The van der Waals surface area contributed by atoms with Gasteiger partial charge in [0.15, 0.2) is 0 Å². The van der Waals surface area contributed by atoms with Gasteiger partial charge in [-0.1, -0.05) is 12.1 Å². The van der Waals surface area contributed by atoms with Gasteiger partial charge in [-0.3, -0.25) is 0 Å². The second kappa shape index (κ2) is 7.96. The third-order valence-corrected chi connectivity index (χ3v) is 3.30. The van der Waals surface area contributed by atoms with Crippen molar-refractivity contribution in [2.24, 2.45) is 0 Å². The molecule has 0 fully saturated rings. The van der Waals surface area contributed by atoms with E-state index in [1.807, 2.05) is 0 Å². The molecule has 3 aromatic rings. The number of benzene rings is 1. The van der Waals surface area contributed by atoms with Crippen LogP contribution in [-0.4, -0.2) is 11.0 Å². The van der Waals surface area contributed by atoms with Gasteiger partial charge >= 0.3 is 6.03 Å². The quantitative estimate of drug-likeness (QED) is 0.718. The van der Waals surface area contributed by atoms with Gasteiger partial charge in [0.1, 0.15) is 17.3 Å². The third kappa shape index (κ3) is 4.81. The summed E-state index contributed by atoms with van der Waals surface area (Å²) >= 11 is 0. The van der Waals surface area contributed by atoms with Crippen LogP contribution in [0.5, 0.6) is 11.6 Å². The topological polar surface area (TPSA) is 76.4 Å². The molecular formula is C18H16FN3O3. The van der Waals surface area contributed by atoms with Gasteiger partial charge in [-0.2, -0.15) is 0 Å². The van der Waals surface area contributed by atoms with Crippen LogP contribution in [-0.2, 0) is 13.1 Å². The van der Waals surface area contributed by atoms with Crippen LogP contribution in [0, 0.1) is 5.82 Å². The summed E-state index contributed by atoms with van der Waals surface area (Å²) in [4.78, 5) is 16.0. The molecule has 25 heavy (non-hydrogen) atoms. The van der Waals surface area contributed by atoms with Crippen molar-refractivity contribution in [2.45, 2.75) is 13.1 Å². The van der Waals surface area contributed by atoms with Crippen molar-refractivity contribution in [3.8, 4) is 11.6 Å². The van der Waals surface area contributed by atoms with Gasteiger partial charge in [0.05, 0.1) is 12.8 Å². The lowest BCUT2D eigenvalue weighted by atomic mass is 10.2. The van der Waals surface area contributed by atoms with E-state index in [1.54, 1.807) is 48.9 Å². The lowest BCUT2D eigenvalue weighted by Gasteiger charge is -2.11. The number of ether oxygens (including phenoxy) is 1. The van der Waals surface area contributed by atoms with E-state index in [4.69, 9.17) is 9.15 Å². The van der Waals surface area contributed by atoms with Crippen LogP contribution in [0.25, 0.3) is 0 Å². The van der Waals surface area contributed by atoms with Crippen molar-refractivity contribution in [2.75, 3.05) is 0 Å². The minimum Gasteiger partial charge on any atom is -0.467 e. The summed E-state index contributed by atoms with van der Waals surface area (Å²) in [5.74, 6) is 0.902.